The molecule has 4 nitrogen and oxygen atoms in total. The van der Waals surface area contributed by atoms with Gasteiger partial charge in [0.05, 0.1) is 7.11 Å². The number of carbonyl (C=O) groups excluding carboxylic acids is 1. The van der Waals surface area contributed by atoms with Crippen molar-refractivity contribution in [3.05, 3.63) is 29.8 Å². The number of alkyl halides is 2. The van der Waals surface area contributed by atoms with Crippen LogP contribution < -0.4 is 14.8 Å². The Labute approximate surface area is 129 Å². The largest absolute Gasteiger partial charge is 0.493 e. The van der Waals surface area contributed by atoms with Crippen LogP contribution in [-0.4, -0.2) is 25.2 Å². The number of hydrogen-bond acceptors (Lipinski definition) is 3. The van der Waals surface area contributed by atoms with Crippen LogP contribution in [-0.2, 0) is 4.79 Å². The summed E-state index contributed by atoms with van der Waals surface area (Å²) in [7, 11) is 1.36. The van der Waals surface area contributed by atoms with Crippen LogP contribution in [0, 0.1) is 0 Å². The predicted octanol–water partition coefficient (Wildman–Crippen LogP) is 3.61. The molecule has 0 fully saturated rings. The summed E-state index contributed by atoms with van der Waals surface area (Å²) in [6.07, 6.45) is 3.47. The molecule has 0 aliphatic rings. The minimum atomic E-state index is -2.98. The van der Waals surface area contributed by atoms with E-state index in [-0.39, 0.29) is 22.9 Å². The third-order valence-corrected chi connectivity index (χ3v) is 3.20. The summed E-state index contributed by atoms with van der Waals surface area (Å²) in [5, 5.41) is 2.82. The third kappa shape index (κ3) is 5.35. The monoisotopic (exact) mass is 313 g/mol. The quantitative estimate of drug-likeness (QED) is 0.782. The van der Waals surface area contributed by atoms with Crippen molar-refractivity contribution in [2.24, 2.45) is 0 Å². The lowest BCUT2D eigenvalue weighted by molar-refractivity contribution is -0.118. The minimum Gasteiger partial charge on any atom is -0.493 e. The molecule has 0 heterocycles. The van der Waals surface area contributed by atoms with Crippen LogP contribution in [0.15, 0.2) is 24.3 Å². The van der Waals surface area contributed by atoms with Gasteiger partial charge in [-0.25, -0.2) is 0 Å². The van der Waals surface area contributed by atoms with Crippen LogP contribution in [0.5, 0.6) is 11.5 Å². The molecule has 1 amide bonds. The Morgan fingerprint density at radius 2 is 2.09 bits per heavy atom. The molecule has 0 atom stereocenters. The lowest BCUT2D eigenvalue weighted by Gasteiger charge is -2.23. The summed E-state index contributed by atoms with van der Waals surface area (Å²) in [5.41, 5.74) is 0.00192. The summed E-state index contributed by atoms with van der Waals surface area (Å²) in [6, 6.07) is 4.70. The van der Waals surface area contributed by atoms with Gasteiger partial charge in [0.2, 0.25) is 5.91 Å². The molecule has 0 aliphatic carbocycles. The van der Waals surface area contributed by atoms with E-state index < -0.39 is 6.61 Å². The van der Waals surface area contributed by atoms with Crippen molar-refractivity contribution in [1.82, 2.24) is 5.32 Å². The number of ether oxygens (including phenoxy) is 2. The van der Waals surface area contributed by atoms with Crippen molar-refractivity contribution in [3.63, 3.8) is 0 Å². The zero-order chi connectivity index (χ0) is 16.8. The first-order valence-corrected chi connectivity index (χ1v) is 6.91. The standard InChI is InChI=1S/C16H21F2NO3/c1-5-16(2,3)19-13(20)10-9-11-7-6-8-12(21-4)14(11)22-15(17)18/h6-10,15H,5H2,1-4H3,(H,19,20)/b10-9+. The van der Waals surface area contributed by atoms with Gasteiger partial charge in [0, 0.05) is 17.2 Å². The number of hydrogen-bond donors (Lipinski definition) is 1. The summed E-state index contributed by atoms with van der Waals surface area (Å²) in [4.78, 5) is 11.9. The molecule has 6 heteroatoms. The van der Waals surface area contributed by atoms with Crippen LogP contribution >= 0.6 is 0 Å². The number of para-hydroxylation sites is 1. The minimum absolute atomic E-state index is 0.0983. The van der Waals surface area contributed by atoms with E-state index in [1.54, 1.807) is 12.1 Å². The van der Waals surface area contributed by atoms with Crippen LogP contribution in [0.2, 0.25) is 0 Å². The van der Waals surface area contributed by atoms with Crippen molar-refractivity contribution >= 4 is 12.0 Å². The Bertz CT molecular complexity index is 542. The Balaban J connectivity index is 2.97. The zero-order valence-corrected chi connectivity index (χ0v) is 13.2. The van der Waals surface area contributed by atoms with E-state index in [4.69, 9.17) is 4.74 Å². The van der Waals surface area contributed by atoms with Gasteiger partial charge in [0.25, 0.3) is 0 Å². The van der Waals surface area contributed by atoms with Crippen LogP contribution in [0.4, 0.5) is 8.78 Å². The predicted molar refractivity (Wildman–Crippen MR) is 81.2 cm³/mol. The topological polar surface area (TPSA) is 47.6 Å². The zero-order valence-electron chi connectivity index (χ0n) is 13.2. The van der Waals surface area contributed by atoms with Crippen LogP contribution in [0.1, 0.15) is 32.8 Å². The Morgan fingerprint density at radius 3 is 2.64 bits per heavy atom. The van der Waals surface area contributed by atoms with E-state index in [0.717, 1.165) is 6.42 Å². The van der Waals surface area contributed by atoms with Crippen LogP contribution in [0.3, 0.4) is 0 Å². The highest BCUT2D eigenvalue weighted by Crippen LogP contribution is 2.33. The lowest BCUT2D eigenvalue weighted by Crippen LogP contribution is -2.41. The first kappa shape index (κ1) is 17.9. The molecule has 1 rings (SSSR count). The van der Waals surface area contributed by atoms with E-state index in [2.05, 4.69) is 10.1 Å². The Kier molecular flexibility index (Phi) is 6.34. The third-order valence-electron chi connectivity index (χ3n) is 3.20. The molecule has 0 saturated heterocycles. The second kappa shape index (κ2) is 7.77. The van der Waals surface area contributed by atoms with Crippen molar-refractivity contribution in [2.75, 3.05) is 7.11 Å². The van der Waals surface area contributed by atoms with Gasteiger partial charge in [-0.1, -0.05) is 19.1 Å². The summed E-state index contributed by atoms with van der Waals surface area (Å²) < 4.78 is 34.5. The van der Waals surface area contributed by atoms with Crippen molar-refractivity contribution in [1.29, 1.82) is 0 Å². The van der Waals surface area contributed by atoms with Crippen LogP contribution in [0.25, 0.3) is 6.08 Å². The summed E-state index contributed by atoms with van der Waals surface area (Å²) >= 11 is 0. The molecule has 0 aromatic heterocycles. The van der Waals surface area contributed by atoms with Gasteiger partial charge in [-0.3, -0.25) is 4.79 Å². The van der Waals surface area contributed by atoms with Gasteiger partial charge >= 0.3 is 6.61 Å². The van der Waals surface area contributed by atoms with Gasteiger partial charge in [-0.2, -0.15) is 8.78 Å². The van der Waals surface area contributed by atoms with Gasteiger partial charge in [0.15, 0.2) is 11.5 Å². The Hall–Kier alpha value is -2.11. The highest BCUT2D eigenvalue weighted by atomic mass is 19.3. The number of halogens is 2. The van der Waals surface area contributed by atoms with E-state index in [0.29, 0.717) is 5.56 Å². The molecule has 0 radical (unpaired) electrons. The molecule has 0 spiro atoms. The molecular weight excluding hydrogens is 292 g/mol. The second-order valence-electron chi connectivity index (χ2n) is 5.32. The number of methoxy groups -OCH3 is 1. The maximum absolute atomic E-state index is 12.5. The van der Waals surface area contributed by atoms with Crippen molar-refractivity contribution in [2.45, 2.75) is 39.3 Å². The maximum Gasteiger partial charge on any atom is 0.387 e. The van der Waals surface area contributed by atoms with E-state index in [9.17, 15) is 13.6 Å². The molecule has 1 aromatic rings. The summed E-state index contributed by atoms with van der Waals surface area (Å²) in [6.45, 7) is 2.78. The second-order valence-corrected chi connectivity index (χ2v) is 5.32. The molecule has 0 bridgehead atoms. The fourth-order valence-corrected chi connectivity index (χ4v) is 1.67. The maximum atomic E-state index is 12.5. The number of nitrogens with one attached hydrogen (secondary N) is 1. The molecule has 1 aromatic carbocycles. The van der Waals surface area contributed by atoms with Crippen molar-refractivity contribution < 1.29 is 23.0 Å². The highest BCUT2D eigenvalue weighted by Gasteiger charge is 2.17. The number of rotatable bonds is 7. The highest BCUT2D eigenvalue weighted by molar-refractivity contribution is 5.92. The SMILES string of the molecule is CCC(C)(C)NC(=O)/C=C/c1cccc(OC)c1OC(F)F. The lowest BCUT2D eigenvalue weighted by atomic mass is 10.0. The van der Waals surface area contributed by atoms with Gasteiger partial charge in [-0.15, -0.1) is 0 Å². The van der Waals surface area contributed by atoms with Gasteiger partial charge in [-0.05, 0) is 32.4 Å². The normalized spacial score (nSPS) is 11.8. The molecule has 22 heavy (non-hydrogen) atoms. The number of amides is 1. The van der Waals surface area contributed by atoms with E-state index in [1.807, 2.05) is 20.8 Å². The fourth-order valence-electron chi connectivity index (χ4n) is 1.67. The average molecular weight is 313 g/mol. The number of benzene rings is 1. The number of carbonyl (C=O) groups is 1. The van der Waals surface area contributed by atoms with E-state index >= 15 is 0 Å². The van der Waals surface area contributed by atoms with Crippen molar-refractivity contribution in [3.8, 4) is 11.5 Å². The molecular formula is C16H21F2NO3. The first-order chi connectivity index (χ1) is 10.3. The Morgan fingerprint density at radius 1 is 1.41 bits per heavy atom. The fraction of sp³-hybridized carbons (Fsp3) is 0.438. The molecule has 1 N–H and O–H groups in total. The summed E-state index contributed by atoms with van der Waals surface area (Å²) in [5.74, 6) is -0.229. The molecule has 0 saturated carbocycles. The smallest absolute Gasteiger partial charge is 0.387 e. The molecule has 0 aliphatic heterocycles. The van der Waals surface area contributed by atoms with Gasteiger partial charge in [0.1, 0.15) is 0 Å². The average Bonchev–Trinajstić information content (AvgIpc) is 2.45. The molecule has 122 valence electrons. The first-order valence-electron chi connectivity index (χ1n) is 6.91. The van der Waals surface area contributed by atoms with E-state index in [1.165, 1.54) is 25.3 Å². The molecule has 0 unspecified atom stereocenters. The van der Waals surface area contributed by atoms with Gasteiger partial charge < -0.3 is 14.8 Å².